The van der Waals surface area contributed by atoms with E-state index in [0.29, 0.717) is 0 Å². The molecular formula is C17H20O. The molecule has 0 aliphatic carbocycles. The average Bonchev–Trinajstić information content (AvgIpc) is 2.36. The van der Waals surface area contributed by atoms with Crippen molar-refractivity contribution in [3.63, 3.8) is 0 Å². The van der Waals surface area contributed by atoms with Crippen molar-refractivity contribution in [2.24, 2.45) is 0 Å². The summed E-state index contributed by atoms with van der Waals surface area (Å²) in [5.41, 5.74) is 5.03. The molecule has 0 fully saturated rings. The Balaban J connectivity index is 2.19. The van der Waals surface area contributed by atoms with Gasteiger partial charge >= 0.3 is 0 Å². The molecule has 1 atom stereocenters. The Morgan fingerprint density at radius 3 is 2.22 bits per heavy atom. The summed E-state index contributed by atoms with van der Waals surface area (Å²) in [6, 6.07) is 16.9. The molecule has 0 amide bonds. The second-order valence-corrected chi connectivity index (χ2v) is 4.99. The van der Waals surface area contributed by atoms with Gasteiger partial charge in [-0.05, 0) is 31.4 Å². The minimum absolute atomic E-state index is 0.187. The third-order valence-electron chi connectivity index (χ3n) is 3.30. The summed E-state index contributed by atoms with van der Waals surface area (Å²) < 4.78 is 0. The van der Waals surface area contributed by atoms with E-state index in [9.17, 15) is 5.11 Å². The van der Waals surface area contributed by atoms with Crippen molar-refractivity contribution < 1.29 is 5.11 Å². The first-order chi connectivity index (χ1) is 8.69. The van der Waals surface area contributed by atoms with Gasteiger partial charge in [0.05, 0.1) is 6.61 Å². The zero-order chi connectivity index (χ0) is 13.0. The third kappa shape index (κ3) is 3.21. The summed E-state index contributed by atoms with van der Waals surface area (Å²) in [5.74, 6) is 0.187. The Bertz CT molecular complexity index is 517. The summed E-state index contributed by atoms with van der Waals surface area (Å²) in [4.78, 5) is 0. The molecule has 2 aromatic rings. The van der Waals surface area contributed by atoms with Gasteiger partial charge in [-0.1, -0.05) is 59.7 Å². The van der Waals surface area contributed by atoms with Crippen molar-refractivity contribution in [2.75, 3.05) is 6.61 Å². The SMILES string of the molecule is Cc1cccc(CC(CO)c2cccc(C)c2)c1. The van der Waals surface area contributed by atoms with Gasteiger partial charge in [-0.25, -0.2) is 0 Å². The summed E-state index contributed by atoms with van der Waals surface area (Å²) in [6.07, 6.45) is 0.891. The van der Waals surface area contributed by atoms with E-state index >= 15 is 0 Å². The van der Waals surface area contributed by atoms with Crippen LogP contribution in [0, 0.1) is 13.8 Å². The molecule has 18 heavy (non-hydrogen) atoms. The Hall–Kier alpha value is -1.60. The Labute approximate surface area is 109 Å². The van der Waals surface area contributed by atoms with Crippen LogP contribution in [0.15, 0.2) is 48.5 Å². The largest absolute Gasteiger partial charge is 0.396 e. The summed E-state index contributed by atoms with van der Waals surface area (Å²) in [7, 11) is 0. The van der Waals surface area contributed by atoms with E-state index in [-0.39, 0.29) is 12.5 Å². The van der Waals surface area contributed by atoms with E-state index in [4.69, 9.17) is 0 Å². The summed E-state index contributed by atoms with van der Waals surface area (Å²) in [5, 5.41) is 9.60. The van der Waals surface area contributed by atoms with Crippen LogP contribution in [0.5, 0.6) is 0 Å². The van der Waals surface area contributed by atoms with Gasteiger partial charge in [-0.2, -0.15) is 0 Å². The molecule has 1 unspecified atom stereocenters. The molecule has 1 N–H and O–H groups in total. The van der Waals surface area contributed by atoms with Crippen LogP contribution in [-0.4, -0.2) is 11.7 Å². The van der Waals surface area contributed by atoms with Gasteiger partial charge < -0.3 is 5.11 Å². The maximum absolute atomic E-state index is 9.60. The molecule has 0 spiro atoms. The van der Waals surface area contributed by atoms with Gasteiger partial charge in [0, 0.05) is 5.92 Å². The van der Waals surface area contributed by atoms with Crippen LogP contribution in [0.4, 0.5) is 0 Å². The minimum atomic E-state index is 0.187. The second-order valence-electron chi connectivity index (χ2n) is 4.99. The molecule has 0 radical (unpaired) electrons. The summed E-state index contributed by atoms with van der Waals surface area (Å²) in [6.45, 7) is 4.38. The molecule has 0 aliphatic heterocycles. The van der Waals surface area contributed by atoms with Gasteiger partial charge in [0.1, 0.15) is 0 Å². The van der Waals surface area contributed by atoms with Crippen LogP contribution >= 0.6 is 0 Å². The number of aliphatic hydroxyl groups excluding tert-OH is 1. The number of rotatable bonds is 4. The first-order valence-corrected chi connectivity index (χ1v) is 6.42. The zero-order valence-electron chi connectivity index (χ0n) is 11.1. The number of benzene rings is 2. The number of aryl methyl sites for hydroxylation is 2. The van der Waals surface area contributed by atoms with Gasteiger partial charge in [0.15, 0.2) is 0 Å². The predicted molar refractivity (Wildman–Crippen MR) is 75.9 cm³/mol. The molecule has 0 heterocycles. The molecule has 0 saturated heterocycles. The highest BCUT2D eigenvalue weighted by Gasteiger charge is 2.11. The molecule has 0 aromatic heterocycles. The van der Waals surface area contributed by atoms with E-state index in [1.54, 1.807) is 0 Å². The smallest absolute Gasteiger partial charge is 0.0502 e. The van der Waals surface area contributed by atoms with Crippen molar-refractivity contribution in [1.29, 1.82) is 0 Å². The second kappa shape index (κ2) is 5.83. The van der Waals surface area contributed by atoms with Gasteiger partial charge in [0.2, 0.25) is 0 Å². The topological polar surface area (TPSA) is 20.2 Å². The van der Waals surface area contributed by atoms with E-state index in [0.717, 1.165) is 6.42 Å². The van der Waals surface area contributed by atoms with Crippen molar-refractivity contribution in [2.45, 2.75) is 26.2 Å². The number of hydrogen-bond acceptors (Lipinski definition) is 1. The van der Waals surface area contributed by atoms with Crippen LogP contribution in [0.25, 0.3) is 0 Å². The Morgan fingerprint density at radius 1 is 0.944 bits per heavy atom. The zero-order valence-corrected chi connectivity index (χ0v) is 11.1. The fourth-order valence-corrected chi connectivity index (χ4v) is 2.34. The normalized spacial score (nSPS) is 12.4. The fourth-order valence-electron chi connectivity index (χ4n) is 2.34. The molecule has 2 aromatic carbocycles. The summed E-state index contributed by atoms with van der Waals surface area (Å²) >= 11 is 0. The quantitative estimate of drug-likeness (QED) is 0.865. The highest BCUT2D eigenvalue weighted by Crippen LogP contribution is 2.21. The van der Waals surface area contributed by atoms with Crippen LogP contribution < -0.4 is 0 Å². The van der Waals surface area contributed by atoms with E-state index in [1.807, 2.05) is 0 Å². The highest BCUT2D eigenvalue weighted by molar-refractivity contribution is 5.29. The first-order valence-electron chi connectivity index (χ1n) is 6.42. The lowest BCUT2D eigenvalue weighted by molar-refractivity contribution is 0.264. The van der Waals surface area contributed by atoms with Crippen molar-refractivity contribution in [1.82, 2.24) is 0 Å². The average molecular weight is 240 g/mol. The Kier molecular flexibility index (Phi) is 4.16. The monoisotopic (exact) mass is 240 g/mol. The third-order valence-corrected chi connectivity index (χ3v) is 3.30. The van der Waals surface area contributed by atoms with Crippen LogP contribution in [-0.2, 0) is 6.42 Å². The van der Waals surface area contributed by atoms with Crippen molar-refractivity contribution in [3.05, 3.63) is 70.8 Å². The lowest BCUT2D eigenvalue weighted by Gasteiger charge is -2.15. The fraction of sp³-hybridized carbons (Fsp3) is 0.294. The van der Waals surface area contributed by atoms with Gasteiger partial charge in [-0.15, -0.1) is 0 Å². The first kappa shape index (κ1) is 12.8. The molecule has 2 rings (SSSR count). The van der Waals surface area contributed by atoms with Gasteiger partial charge in [0.25, 0.3) is 0 Å². The number of hydrogen-bond donors (Lipinski definition) is 1. The molecule has 1 nitrogen and oxygen atoms in total. The maximum atomic E-state index is 9.60. The van der Waals surface area contributed by atoms with Crippen molar-refractivity contribution in [3.8, 4) is 0 Å². The molecule has 0 bridgehead atoms. The minimum Gasteiger partial charge on any atom is -0.396 e. The lowest BCUT2D eigenvalue weighted by Crippen LogP contribution is -2.08. The molecule has 94 valence electrons. The lowest BCUT2D eigenvalue weighted by atomic mass is 9.91. The van der Waals surface area contributed by atoms with Gasteiger partial charge in [-0.3, -0.25) is 0 Å². The molecule has 1 heteroatoms. The molecule has 0 saturated carbocycles. The molecular weight excluding hydrogens is 220 g/mol. The van der Waals surface area contributed by atoms with Crippen molar-refractivity contribution >= 4 is 0 Å². The van der Waals surface area contributed by atoms with Crippen LogP contribution in [0.2, 0.25) is 0 Å². The van der Waals surface area contributed by atoms with Crippen LogP contribution in [0.1, 0.15) is 28.2 Å². The Morgan fingerprint density at radius 2 is 1.61 bits per heavy atom. The number of aliphatic hydroxyl groups is 1. The predicted octanol–water partition coefficient (Wildman–Crippen LogP) is 3.62. The van der Waals surface area contributed by atoms with E-state index in [2.05, 4.69) is 62.4 Å². The maximum Gasteiger partial charge on any atom is 0.0502 e. The van der Waals surface area contributed by atoms with Crippen LogP contribution in [0.3, 0.4) is 0 Å². The van der Waals surface area contributed by atoms with E-state index in [1.165, 1.54) is 22.3 Å². The standard InChI is InChI=1S/C17H20O/c1-13-5-3-7-15(9-13)11-17(12-18)16-8-4-6-14(2)10-16/h3-10,17-18H,11-12H2,1-2H3. The van der Waals surface area contributed by atoms with E-state index < -0.39 is 0 Å². The molecule has 0 aliphatic rings. The highest BCUT2D eigenvalue weighted by atomic mass is 16.3.